The maximum atomic E-state index is 15.5. The van der Waals surface area contributed by atoms with Gasteiger partial charge in [0.1, 0.15) is 23.5 Å². The fourth-order valence-electron chi connectivity index (χ4n) is 6.68. The van der Waals surface area contributed by atoms with Crippen molar-refractivity contribution < 1.29 is 59.3 Å². The molecule has 2 saturated heterocycles. The lowest BCUT2D eigenvalue weighted by molar-refractivity contribution is -0.138. The zero-order valence-corrected chi connectivity index (χ0v) is 25.5. The van der Waals surface area contributed by atoms with Crippen molar-refractivity contribution >= 4 is 12.1 Å². The number of hydrogen-bond donors (Lipinski definition) is 1. The number of amides is 1. The number of hydrogen-bond acceptors (Lipinski definition) is 4. The Kier molecular flexibility index (Phi) is 8.32. The molecule has 256 valence electrons. The number of aryl methyl sites for hydroxylation is 1. The van der Waals surface area contributed by atoms with E-state index in [-0.39, 0.29) is 52.0 Å². The topological polar surface area (TPSA) is 76.1 Å². The Morgan fingerprint density at radius 1 is 0.837 bits per heavy atom. The summed E-state index contributed by atoms with van der Waals surface area (Å²) < 4.78 is 123. The quantitative estimate of drug-likeness (QED) is 0.204. The summed E-state index contributed by atoms with van der Waals surface area (Å²) >= 11 is 0. The van der Waals surface area contributed by atoms with Crippen molar-refractivity contribution in [2.45, 2.75) is 50.3 Å². The predicted octanol–water partition coefficient (Wildman–Crippen LogP) is 9.75. The van der Waals surface area contributed by atoms with Crippen molar-refractivity contribution in [3.05, 3.63) is 112 Å². The van der Waals surface area contributed by atoms with E-state index in [9.17, 15) is 45.4 Å². The predicted molar refractivity (Wildman–Crippen MR) is 159 cm³/mol. The van der Waals surface area contributed by atoms with Gasteiger partial charge in [0.25, 0.3) is 0 Å². The SMILES string of the molecule is COc1cc(F)c(-c2ccc(C(=O)O)cc2C)cc1-c1ccc(C(F)(F)F)cc1[C@@H]1CC[C@H]2[C@@H](c3cc(F)cc(C(F)(F)F)c3)OC(=O)N12. The van der Waals surface area contributed by atoms with Crippen molar-refractivity contribution in [3.8, 4) is 28.0 Å². The van der Waals surface area contributed by atoms with Gasteiger partial charge in [-0.05, 0) is 96.1 Å². The highest BCUT2D eigenvalue weighted by atomic mass is 19.4. The van der Waals surface area contributed by atoms with Gasteiger partial charge in [-0.2, -0.15) is 26.3 Å². The first-order valence-corrected chi connectivity index (χ1v) is 14.8. The molecule has 4 aromatic carbocycles. The molecule has 0 bridgehead atoms. The minimum absolute atomic E-state index is 0.00685. The molecule has 0 aromatic heterocycles. The summed E-state index contributed by atoms with van der Waals surface area (Å²) in [6, 6.07) is 9.01. The molecule has 49 heavy (non-hydrogen) atoms. The number of carbonyl (C=O) groups is 2. The Balaban J connectivity index is 1.48. The fraction of sp³-hybridized carbons (Fsp3) is 0.257. The van der Waals surface area contributed by atoms with Gasteiger partial charge in [-0.25, -0.2) is 18.4 Å². The van der Waals surface area contributed by atoms with Gasteiger partial charge in [0.15, 0.2) is 0 Å². The zero-order chi connectivity index (χ0) is 35.6. The van der Waals surface area contributed by atoms with Crippen molar-refractivity contribution in [3.63, 3.8) is 0 Å². The van der Waals surface area contributed by atoms with Gasteiger partial charge < -0.3 is 14.6 Å². The number of methoxy groups -OCH3 is 1. The van der Waals surface area contributed by atoms with Crippen molar-refractivity contribution in [2.75, 3.05) is 7.11 Å². The molecule has 0 unspecified atom stereocenters. The van der Waals surface area contributed by atoms with Crippen molar-refractivity contribution in [1.82, 2.24) is 4.90 Å². The van der Waals surface area contributed by atoms with Crippen LogP contribution in [0.3, 0.4) is 0 Å². The van der Waals surface area contributed by atoms with Crippen LogP contribution in [-0.4, -0.2) is 35.2 Å². The average Bonchev–Trinajstić information content (AvgIpc) is 3.60. The van der Waals surface area contributed by atoms with E-state index >= 15 is 4.39 Å². The number of nitrogens with zero attached hydrogens (tertiary/aromatic N) is 1. The molecular formula is C35H25F8NO5. The van der Waals surface area contributed by atoms with Crippen LogP contribution in [0.2, 0.25) is 0 Å². The van der Waals surface area contributed by atoms with Crippen LogP contribution in [-0.2, 0) is 17.1 Å². The Morgan fingerprint density at radius 2 is 1.53 bits per heavy atom. The minimum Gasteiger partial charge on any atom is -0.496 e. The second kappa shape index (κ2) is 12.1. The molecule has 0 saturated carbocycles. The number of halogens is 8. The number of carboxylic acids is 1. The third-order valence-corrected chi connectivity index (χ3v) is 8.87. The minimum atomic E-state index is -4.89. The average molecular weight is 692 g/mol. The number of ether oxygens (including phenoxy) is 2. The highest BCUT2D eigenvalue weighted by Crippen LogP contribution is 2.51. The van der Waals surface area contributed by atoms with Crippen LogP contribution in [0.15, 0.2) is 66.7 Å². The Bertz CT molecular complexity index is 1990. The standard InChI is InChI=1S/C35H25F8NO5/c1-16-9-17(32(45)46)3-5-22(16)24-14-26(30(48-2)15-27(24)37)23-6-4-19(34(38,39)40)13-25(23)28-7-8-29-31(49-33(47)44(28)29)18-10-20(35(41,42)43)12-21(36)11-18/h3-6,9-15,28-29,31H,7-8H2,1-2H3,(H,45,46)/t28-,29-,31+/m0/s1. The molecule has 2 aliphatic rings. The van der Waals surface area contributed by atoms with Crippen LogP contribution < -0.4 is 4.74 Å². The highest BCUT2D eigenvalue weighted by Gasteiger charge is 2.51. The lowest BCUT2D eigenvalue weighted by Crippen LogP contribution is -2.31. The largest absolute Gasteiger partial charge is 0.496 e. The molecule has 0 radical (unpaired) electrons. The monoisotopic (exact) mass is 691 g/mol. The van der Waals surface area contributed by atoms with Crippen LogP contribution in [0.4, 0.5) is 39.9 Å². The van der Waals surface area contributed by atoms with Crippen LogP contribution >= 0.6 is 0 Å². The summed E-state index contributed by atoms with van der Waals surface area (Å²) in [6.45, 7) is 1.57. The van der Waals surface area contributed by atoms with E-state index in [1.807, 2.05) is 0 Å². The number of fused-ring (bicyclic) bond motifs is 1. The second-order valence-electron chi connectivity index (χ2n) is 11.8. The maximum Gasteiger partial charge on any atom is 0.416 e. The molecule has 0 aliphatic carbocycles. The summed E-state index contributed by atoms with van der Waals surface area (Å²) in [5.74, 6) is -3.23. The molecular weight excluding hydrogens is 666 g/mol. The van der Waals surface area contributed by atoms with E-state index in [0.29, 0.717) is 23.3 Å². The zero-order valence-electron chi connectivity index (χ0n) is 25.5. The molecule has 2 aliphatic heterocycles. The van der Waals surface area contributed by atoms with Crippen LogP contribution in [0.25, 0.3) is 22.3 Å². The number of aromatic carboxylic acids is 1. The molecule has 2 heterocycles. The van der Waals surface area contributed by atoms with E-state index < -0.39 is 65.4 Å². The van der Waals surface area contributed by atoms with E-state index in [1.165, 1.54) is 31.4 Å². The fourth-order valence-corrected chi connectivity index (χ4v) is 6.68. The second-order valence-corrected chi connectivity index (χ2v) is 11.8. The Labute approximate surface area is 273 Å². The summed E-state index contributed by atoms with van der Waals surface area (Å²) in [5, 5.41) is 9.35. The van der Waals surface area contributed by atoms with Gasteiger partial charge in [0, 0.05) is 17.2 Å². The first kappa shape index (κ1) is 33.7. The van der Waals surface area contributed by atoms with Gasteiger partial charge in [0.2, 0.25) is 0 Å². The number of alkyl halides is 6. The molecule has 3 atom stereocenters. The Hall–Kier alpha value is -5.14. The number of benzene rings is 4. The molecule has 0 spiro atoms. The molecule has 4 aromatic rings. The van der Waals surface area contributed by atoms with E-state index in [2.05, 4.69) is 0 Å². The smallest absolute Gasteiger partial charge is 0.416 e. The van der Waals surface area contributed by atoms with Crippen molar-refractivity contribution in [1.29, 1.82) is 0 Å². The van der Waals surface area contributed by atoms with Gasteiger partial charge in [-0.15, -0.1) is 0 Å². The summed E-state index contributed by atoms with van der Waals surface area (Å²) in [4.78, 5) is 25.9. The summed E-state index contributed by atoms with van der Waals surface area (Å²) in [6.07, 6.45) is -11.9. The highest BCUT2D eigenvalue weighted by molar-refractivity contribution is 5.89. The molecule has 6 nitrogen and oxygen atoms in total. The van der Waals surface area contributed by atoms with Crippen LogP contribution in [0, 0.1) is 18.6 Å². The number of carboxylic acid groups (broad SMARTS) is 1. The van der Waals surface area contributed by atoms with E-state index in [0.717, 1.165) is 35.2 Å². The third-order valence-electron chi connectivity index (χ3n) is 8.87. The first-order chi connectivity index (χ1) is 23.0. The molecule has 14 heteroatoms. The molecule has 1 N–H and O–H groups in total. The number of cyclic esters (lactones) is 1. The van der Waals surface area contributed by atoms with Gasteiger partial charge in [-0.1, -0.05) is 12.1 Å². The van der Waals surface area contributed by atoms with Gasteiger partial charge >= 0.3 is 24.4 Å². The normalized spacial score (nSPS) is 19.2. The van der Waals surface area contributed by atoms with Gasteiger partial charge in [-0.3, -0.25) is 4.90 Å². The van der Waals surface area contributed by atoms with Crippen molar-refractivity contribution in [2.24, 2.45) is 0 Å². The lowest BCUT2D eigenvalue weighted by atomic mass is 9.88. The number of rotatable bonds is 6. The summed E-state index contributed by atoms with van der Waals surface area (Å²) in [5.41, 5.74) is -1.68. The lowest BCUT2D eigenvalue weighted by Gasteiger charge is -2.26. The van der Waals surface area contributed by atoms with Gasteiger partial charge in [0.05, 0.1) is 35.9 Å². The van der Waals surface area contributed by atoms with E-state index in [1.54, 1.807) is 6.92 Å². The molecule has 2 fully saturated rings. The maximum absolute atomic E-state index is 15.5. The van der Waals surface area contributed by atoms with E-state index in [4.69, 9.17) is 9.47 Å². The molecule has 6 rings (SSSR count). The third kappa shape index (κ3) is 6.15. The molecule has 1 amide bonds. The summed E-state index contributed by atoms with van der Waals surface area (Å²) in [7, 11) is 1.23. The Morgan fingerprint density at radius 3 is 2.16 bits per heavy atom. The van der Waals surface area contributed by atoms with Crippen LogP contribution in [0.5, 0.6) is 5.75 Å². The number of carbonyl (C=O) groups excluding carboxylic acids is 1. The van der Waals surface area contributed by atoms with Crippen LogP contribution in [0.1, 0.15) is 63.2 Å². The first-order valence-electron chi connectivity index (χ1n) is 14.8.